The molecule has 0 saturated heterocycles. The van der Waals surface area contributed by atoms with Crippen LogP contribution in [-0.4, -0.2) is 0 Å². The van der Waals surface area contributed by atoms with Crippen molar-refractivity contribution in [2.75, 3.05) is 0 Å². The molecule has 0 N–H and O–H groups in total. The molecule has 3 aliphatic carbocycles. The average molecular weight is 176 g/mol. The van der Waals surface area contributed by atoms with E-state index in [2.05, 4.69) is 6.08 Å². The predicted molar refractivity (Wildman–Crippen MR) is 55.5 cm³/mol. The molecule has 3 aliphatic rings. The predicted octanol–water partition coefficient (Wildman–Crippen LogP) is 3.92. The first-order valence-corrected chi connectivity index (χ1v) is 6.15. The maximum Gasteiger partial charge on any atom is -0.0172 e. The van der Waals surface area contributed by atoms with E-state index in [1.54, 1.807) is 6.42 Å². The molecule has 2 fully saturated rings. The Bertz CT molecular complexity index is 226. The summed E-state index contributed by atoms with van der Waals surface area (Å²) in [6.07, 6.45) is 14.6. The van der Waals surface area contributed by atoms with Crippen molar-refractivity contribution >= 4 is 0 Å². The molecule has 0 nitrogen and oxygen atoms in total. The van der Waals surface area contributed by atoms with Gasteiger partial charge in [-0.3, -0.25) is 0 Å². The van der Waals surface area contributed by atoms with Gasteiger partial charge in [0.1, 0.15) is 0 Å². The van der Waals surface area contributed by atoms with Gasteiger partial charge in [-0.2, -0.15) is 0 Å². The Morgan fingerprint density at radius 1 is 0.923 bits per heavy atom. The fourth-order valence-electron chi connectivity index (χ4n) is 3.97. The van der Waals surface area contributed by atoms with Crippen LogP contribution in [0.4, 0.5) is 0 Å². The summed E-state index contributed by atoms with van der Waals surface area (Å²) in [5, 5.41) is 0. The van der Waals surface area contributed by atoms with Crippen LogP contribution >= 0.6 is 0 Å². The minimum absolute atomic E-state index is 1.02. The highest BCUT2D eigenvalue weighted by molar-refractivity contribution is 5.18. The molecule has 0 bridgehead atoms. The molecule has 0 spiro atoms. The molecule has 0 amide bonds. The lowest BCUT2D eigenvalue weighted by molar-refractivity contribution is 0.270. The van der Waals surface area contributed by atoms with Crippen molar-refractivity contribution in [3.8, 4) is 0 Å². The zero-order valence-electron chi connectivity index (χ0n) is 8.47. The quantitative estimate of drug-likeness (QED) is 0.491. The molecule has 0 aromatic heterocycles. The first kappa shape index (κ1) is 8.08. The molecule has 0 radical (unpaired) electrons. The number of rotatable bonds is 0. The van der Waals surface area contributed by atoms with E-state index < -0.39 is 0 Å². The number of allylic oxidation sites excluding steroid dienone is 2. The van der Waals surface area contributed by atoms with Gasteiger partial charge in [0.25, 0.3) is 0 Å². The van der Waals surface area contributed by atoms with Gasteiger partial charge in [0, 0.05) is 0 Å². The Labute approximate surface area is 81.4 Å². The summed E-state index contributed by atoms with van der Waals surface area (Å²) in [5.41, 5.74) is 1.90. The van der Waals surface area contributed by atoms with Crippen molar-refractivity contribution in [2.45, 2.75) is 51.4 Å². The van der Waals surface area contributed by atoms with E-state index in [0.717, 1.165) is 17.8 Å². The van der Waals surface area contributed by atoms with E-state index in [1.807, 2.05) is 5.57 Å². The molecule has 13 heavy (non-hydrogen) atoms. The molecule has 2 saturated carbocycles. The summed E-state index contributed by atoms with van der Waals surface area (Å²) in [6, 6.07) is 0. The van der Waals surface area contributed by atoms with E-state index in [4.69, 9.17) is 0 Å². The topological polar surface area (TPSA) is 0 Å². The Balaban J connectivity index is 1.87. The third-order valence-corrected chi connectivity index (χ3v) is 4.58. The van der Waals surface area contributed by atoms with Gasteiger partial charge in [0.2, 0.25) is 0 Å². The monoisotopic (exact) mass is 176 g/mol. The standard InChI is InChI=1S/C13H20/c1-2-6-12-10(4-1)8-9-11-5-3-7-13(11)12/h6,10-11,13H,1-5,7-9H2. The second-order valence-electron chi connectivity index (χ2n) is 5.21. The second kappa shape index (κ2) is 3.15. The maximum absolute atomic E-state index is 2.61. The summed E-state index contributed by atoms with van der Waals surface area (Å²) >= 11 is 0. The second-order valence-corrected chi connectivity index (χ2v) is 5.21. The average Bonchev–Trinajstić information content (AvgIpc) is 2.65. The van der Waals surface area contributed by atoms with E-state index in [9.17, 15) is 0 Å². The van der Waals surface area contributed by atoms with Crippen LogP contribution in [0, 0.1) is 17.8 Å². The van der Waals surface area contributed by atoms with E-state index in [-0.39, 0.29) is 0 Å². The molecule has 0 aromatic carbocycles. The normalized spacial score (nSPS) is 43.7. The lowest BCUT2D eigenvalue weighted by Gasteiger charge is -2.37. The van der Waals surface area contributed by atoms with E-state index >= 15 is 0 Å². The largest absolute Gasteiger partial charge is 0.0848 e. The molecule has 0 heteroatoms. The van der Waals surface area contributed by atoms with Crippen LogP contribution in [0.1, 0.15) is 51.4 Å². The SMILES string of the molecule is C1=C2C(CCC1)CCC1CCCC21. The van der Waals surface area contributed by atoms with E-state index in [0.29, 0.717) is 0 Å². The minimum atomic E-state index is 1.02. The van der Waals surface area contributed by atoms with Crippen LogP contribution < -0.4 is 0 Å². The third kappa shape index (κ3) is 1.26. The minimum Gasteiger partial charge on any atom is -0.0848 e. The van der Waals surface area contributed by atoms with Crippen molar-refractivity contribution < 1.29 is 0 Å². The number of hydrogen-bond acceptors (Lipinski definition) is 0. The van der Waals surface area contributed by atoms with Crippen LogP contribution in [0.2, 0.25) is 0 Å². The molecule has 0 heterocycles. The highest BCUT2D eigenvalue weighted by atomic mass is 14.4. The van der Waals surface area contributed by atoms with Crippen molar-refractivity contribution in [3.63, 3.8) is 0 Å². The van der Waals surface area contributed by atoms with Crippen LogP contribution in [0.5, 0.6) is 0 Å². The summed E-state index contributed by atoms with van der Waals surface area (Å²) in [6.45, 7) is 0. The Morgan fingerprint density at radius 2 is 1.92 bits per heavy atom. The van der Waals surface area contributed by atoms with Crippen LogP contribution in [0.3, 0.4) is 0 Å². The van der Waals surface area contributed by atoms with Crippen molar-refractivity contribution in [2.24, 2.45) is 17.8 Å². The Kier molecular flexibility index (Phi) is 1.96. The highest BCUT2D eigenvalue weighted by Gasteiger charge is 2.37. The van der Waals surface area contributed by atoms with Gasteiger partial charge >= 0.3 is 0 Å². The van der Waals surface area contributed by atoms with Gasteiger partial charge in [-0.05, 0) is 62.7 Å². The fourth-order valence-corrected chi connectivity index (χ4v) is 3.97. The van der Waals surface area contributed by atoms with Gasteiger partial charge in [0.15, 0.2) is 0 Å². The highest BCUT2D eigenvalue weighted by Crippen LogP contribution is 2.50. The van der Waals surface area contributed by atoms with Crippen molar-refractivity contribution in [1.29, 1.82) is 0 Å². The van der Waals surface area contributed by atoms with Crippen LogP contribution in [0.15, 0.2) is 11.6 Å². The lowest BCUT2D eigenvalue weighted by atomic mass is 9.68. The van der Waals surface area contributed by atoms with Crippen LogP contribution in [-0.2, 0) is 0 Å². The van der Waals surface area contributed by atoms with Gasteiger partial charge < -0.3 is 0 Å². The summed E-state index contributed by atoms with van der Waals surface area (Å²) in [5.74, 6) is 3.16. The van der Waals surface area contributed by atoms with Gasteiger partial charge in [-0.25, -0.2) is 0 Å². The Morgan fingerprint density at radius 3 is 2.92 bits per heavy atom. The lowest BCUT2D eigenvalue weighted by Crippen LogP contribution is -2.25. The molecule has 3 unspecified atom stereocenters. The fraction of sp³-hybridized carbons (Fsp3) is 0.846. The maximum atomic E-state index is 2.61. The molecule has 0 aliphatic heterocycles. The summed E-state index contributed by atoms with van der Waals surface area (Å²) < 4.78 is 0. The van der Waals surface area contributed by atoms with Crippen molar-refractivity contribution in [3.05, 3.63) is 11.6 Å². The molecule has 3 rings (SSSR count). The smallest absolute Gasteiger partial charge is 0.0172 e. The van der Waals surface area contributed by atoms with E-state index in [1.165, 1.54) is 44.9 Å². The van der Waals surface area contributed by atoms with Crippen molar-refractivity contribution in [1.82, 2.24) is 0 Å². The summed E-state index contributed by atoms with van der Waals surface area (Å²) in [7, 11) is 0. The van der Waals surface area contributed by atoms with Gasteiger partial charge in [-0.1, -0.05) is 18.1 Å². The van der Waals surface area contributed by atoms with Gasteiger partial charge in [0.05, 0.1) is 0 Å². The number of fused-ring (bicyclic) bond motifs is 3. The van der Waals surface area contributed by atoms with Gasteiger partial charge in [-0.15, -0.1) is 0 Å². The Hall–Kier alpha value is -0.260. The molecule has 72 valence electrons. The zero-order valence-corrected chi connectivity index (χ0v) is 8.47. The van der Waals surface area contributed by atoms with Crippen LogP contribution in [0.25, 0.3) is 0 Å². The third-order valence-electron chi connectivity index (χ3n) is 4.58. The molecular formula is C13H20. The number of hydrogen-bond donors (Lipinski definition) is 0. The first-order chi connectivity index (χ1) is 6.45. The molecule has 3 atom stereocenters. The molecule has 0 aromatic rings. The molecular weight excluding hydrogens is 156 g/mol. The first-order valence-electron chi connectivity index (χ1n) is 6.15. The zero-order chi connectivity index (χ0) is 8.67. The summed E-state index contributed by atoms with van der Waals surface area (Å²) in [4.78, 5) is 0.